The van der Waals surface area contributed by atoms with E-state index in [1.165, 1.54) is 6.20 Å². The Balaban J connectivity index is 2.46. The summed E-state index contributed by atoms with van der Waals surface area (Å²) in [4.78, 5) is 3.88. The molecule has 0 amide bonds. The first kappa shape index (κ1) is 14.7. The summed E-state index contributed by atoms with van der Waals surface area (Å²) in [5, 5.41) is 0. The van der Waals surface area contributed by atoms with Gasteiger partial charge in [0.15, 0.2) is 0 Å². The van der Waals surface area contributed by atoms with Gasteiger partial charge in [-0.25, -0.2) is 4.98 Å². The van der Waals surface area contributed by atoms with E-state index in [0.29, 0.717) is 5.56 Å². The number of aromatic nitrogens is 1. The van der Waals surface area contributed by atoms with Crippen molar-refractivity contribution in [2.75, 3.05) is 18.9 Å². The molecule has 0 aliphatic carbocycles. The summed E-state index contributed by atoms with van der Waals surface area (Å²) in [6, 6.07) is 2.98. The van der Waals surface area contributed by atoms with Gasteiger partial charge in [-0.05, 0) is 12.5 Å². The molecule has 18 heavy (non-hydrogen) atoms. The number of halogens is 3. The molecule has 8 heteroatoms. The second-order valence-electron chi connectivity index (χ2n) is 3.65. The summed E-state index contributed by atoms with van der Waals surface area (Å²) in [5.41, 5.74) is 8.75. The Labute approximate surface area is 102 Å². The molecule has 1 aromatic rings. The van der Waals surface area contributed by atoms with Crippen LogP contribution in [-0.2, 0) is 4.74 Å². The number of nitrogens with one attached hydrogen (secondary N) is 1. The van der Waals surface area contributed by atoms with Crippen molar-refractivity contribution in [1.82, 2.24) is 10.4 Å². The van der Waals surface area contributed by atoms with Gasteiger partial charge in [-0.15, -0.1) is 0 Å². The van der Waals surface area contributed by atoms with Crippen LogP contribution in [0.5, 0.6) is 0 Å². The molecule has 102 valence electrons. The Morgan fingerprint density at radius 3 is 2.72 bits per heavy atom. The maximum Gasteiger partial charge on any atom is 0.411 e. The highest BCUT2D eigenvalue weighted by atomic mass is 19.4. The largest absolute Gasteiger partial charge is 0.411 e. The Kier molecular flexibility index (Phi) is 5.32. The van der Waals surface area contributed by atoms with E-state index >= 15 is 0 Å². The molecular formula is C10H15F3N4O. The van der Waals surface area contributed by atoms with Gasteiger partial charge in [0.1, 0.15) is 12.4 Å². The van der Waals surface area contributed by atoms with E-state index in [1.807, 2.05) is 0 Å². The van der Waals surface area contributed by atoms with Crippen molar-refractivity contribution in [3.8, 4) is 0 Å². The van der Waals surface area contributed by atoms with Gasteiger partial charge in [-0.3, -0.25) is 11.3 Å². The number of hydrogen-bond donors (Lipinski definition) is 3. The van der Waals surface area contributed by atoms with Gasteiger partial charge in [0.2, 0.25) is 0 Å². The first-order valence-electron chi connectivity index (χ1n) is 5.25. The molecule has 0 radical (unpaired) electrons. The van der Waals surface area contributed by atoms with Crippen LogP contribution in [0, 0.1) is 0 Å². The van der Waals surface area contributed by atoms with E-state index < -0.39 is 18.8 Å². The predicted octanol–water partition coefficient (Wildman–Crippen LogP) is 1.14. The van der Waals surface area contributed by atoms with E-state index in [2.05, 4.69) is 15.1 Å². The average Bonchev–Trinajstić information content (AvgIpc) is 2.29. The molecule has 1 heterocycles. The van der Waals surface area contributed by atoms with Crippen LogP contribution in [0.2, 0.25) is 0 Å². The number of alkyl halides is 3. The first-order valence-corrected chi connectivity index (χ1v) is 5.25. The SMILES string of the molecule is NNC(CCOCC(F)(F)F)c1cccnc1N. The standard InChI is InChI=1S/C10H15F3N4O/c11-10(12,13)6-18-5-3-8(17-15)7-2-1-4-16-9(7)14/h1-2,4,8,17H,3,5-6,15H2,(H2,14,16). The lowest BCUT2D eigenvalue weighted by atomic mass is 10.1. The number of nitrogens with zero attached hydrogens (tertiary/aromatic N) is 1. The van der Waals surface area contributed by atoms with Crippen molar-refractivity contribution in [2.24, 2.45) is 5.84 Å². The van der Waals surface area contributed by atoms with Crippen LogP contribution in [0.15, 0.2) is 18.3 Å². The van der Waals surface area contributed by atoms with Crippen molar-refractivity contribution in [3.63, 3.8) is 0 Å². The minimum atomic E-state index is -4.32. The molecule has 1 unspecified atom stereocenters. The van der Waals surface area contributed by atoms with Gasteiger partial charge in [0, 0.05) is 18.4 Å². The number of pyridine rings is 1. The molecule has 1 atom stereocenters. The third-order valence-electron chi connectivity index (χ3n) is 2.26. The van der Waals surface area contributed by atoms with Crippen LogP contribution in [-0.4, -0.2) is 24.4 Å². The van der Waals surface area contributed by atoms with Gasteiger partial charge in [-0.1, -0.05) is 6.07 Å². The van der Waals surface area contributed by atoms with Gasteiger partial charge in [0.25, 0.3) is 0 Å². The lowest BCUT2D eigenvalue weighted by Crippen LogP contribution is -2.30. The molecule has 1 rings (SSSR count). The van der Waals surface area contributed by atoms with E-state index in [0.717, 1.165) is 0 Å². The second-order valence-corrected chi connectivity index (χ2v) is 3.65. The summed E-state index contributed by atoms with van der Waals surface area (Å²) < 4.78 is 40.1. The van der Waals surface area contributed by atoms with Gasteiger partial charge >= 0.3 is 6.18 Å². The number of hydrogen-bond acceptors (Lipinski definition) is 5. The maximum atomic E-state index is 11.9. The minimum absolute atomic E-state index is 0.0806. The van der Waals surface area contributed by atoms with E-state index in [4.69, 9.17) is 11.6 Å². The summed E-state index contributed by atoms with van der Waals surface area (Å²) >= 11 is 0. The number of nitrogen functional groups attached to an aromatic ring is 1. The topological polar surface area (TPSA) is 86.2 Å². The number of ether oxygens (including phenoxy) is 1. The fourth-order valence-corrected chi connectivity index (χ4v) is 1.44. The lowest BCUT2D eigenvalue weighted by molar-refractivity contribution is -0.174. The van der Waals surface area contributed by atoms with Crippen molar-refractivity contribution in [3.05, 3.63) is 23.9 Å². The van der Waals surface area contributed by atoms with Crippen molar-refractivity contribution in [2.45, 2.75) is 18.6 Å². The number of hydrazine groups is 1. The third kappa shape index (κ3) is 4.86. The molecular weight excluding hydrogens is 249 g/mol. The van der Waals surface area contributed by atoms with Crippen LogP contribution in [0.25, 0.3) is 0 Å². The molecule has 0 aromatic carbocycles. The fourth-order valence-electron chi connectivity index (χ4n) is 1.44. The first-order chi connectivity index (χ1) is 8.44. The minimum Gasteiger partial charge on any atom is -0.383 e. The molecule has 0 saturated heterocycles. The number of nitrogens with two attached hydrogens (primary N) is 2. The van der Waals surface area contributed by atoms with Crippen LogP contribution >= 0.6 is 0 Å². The van der Waals surface area contributed by atoms with E-state index in [9.17, 15) is 13.2 Å². The summed E-state index contributed by atoms with van der Waals surface area (Å²) in [6.45, 7) is -1.35. The van der Waals surface area contributed by atoms with E-state index in [-0.39, 0.29) is 18.8 Å². The Morgan fingerprint density at radius 2 is 2.17 bits per heavy atom. The van der Waals surface area contributed by atoms with Crippen LogP contribution < -0.4 is 17.0 Å². The molecule has 0 fully saturated rings. The Hall–Kier alpha value is -1.38. The van der Waals surface area contributed by atoms with Gasteiger partial charge < -0.3 is 10.5 Å². The van der Waals surface area contributed by atoms with Crippen molar-refractivity contribution in [1.29, 1.82) is 0 Å². The molecule has 5 N–H and O–H groups in total. The van der Waals surface area contributed by atoms with Crippen molar-refractivity contribution < 1.29 is 17.9 Å². The highest BCUT2D eigenvalue weighted by Crippen LogP contribution is 2.21. The molecule has 0 bridgehead atoms. The summed E-state index contributed by atoms with van der Waals surface area (Å²) in [6.07, 6.45) is -2.53. The molecule has 0 saturated carbocycles. The van der Waals surface area contributed by atoms with Gasteiger partial charge in [-0.2, -0.15) is 13.2 Å². The highest BCUT2D eigenvalue weighted by molar-refractivity contribution is 5.40. The molecule has 5 nitrogen and oxygen atoms in total. The maximum absolute atomic E-state index is 11.9. The fraction of sp³-hybridized carbons (Fsp3) is 0.500. The molecule has 0 spiro atoms. The van der Waals surface area contributed by atoms with Crippen molar-refractivity contribution >= 4 is 5.82 Å². The Morgan fingerprint density at radius 1 is 1.44 bits per heavy atom. The van der Waals surface area contributed by atoms with Crippen LogP contribution in [0.4, 0.5) is 19.0 Å². The van der Waals surface area contributed by atoms with Gasteiger partial charge in [0.05, 0.1) is 6.04 Å². The average molecular weight is 264 g/mol. The lowest BCUT2D eigenvalue weighted by Gasteiger charge is -2.17. The number of anilines is 1. The summed E-state index contributed by atoms with van der Waals surface area (Å²) in [7, 11) is 0. The molecule has 0 aliphatic heterocycles. The predicted molar refractivity (Wildman–Crippen MR) is 60.2 cm³/mol. The quantitative estimate of drug-likeness (QED) is 0.407. The monoisotopic (exact) mass is 264 g/mol. The zero-order valence-corrected chi connectivity index (χ0v) is 9.57. The molecule has 0 aliphatic rings. The Bertz CT molecular complexity index is 372. The zero-order chi connectivity index (χ0) is 13.6. The normalized spacial score (nSPS) is 13.6. The second kappa shape index (κ2) is 6.53. The van der Waals surface area contributed by atoms with Crippen LogP contribution in [0.3, 0.4) is 0 Å². The third-order valence-corrected chi connectivity index (χ3v) is 2.26. The molecule has 1 aromatic heterocycles. The number of rotatable bonds is 6. The van der Waals surface area contributed by atoms with E-state index in [1.54, 1.807) is 12.1 Å². The van der Waals surface area contributed by atoms with Crippen LogP contribution in [0.1, 0.15) is 18.0 Å². The zero-order valence-electron chi connectivity index (χ0n) is 9.57. The highest BCUT2D eigenvalue weighted by Gasteiger charge is 2.27. The smallest absolute Gasteiger partial charge is 0.383 e. The summed E-state index contributed by atoms with van der Waals surface area (Å²) in [5.74, 6) is 5.62.